The van der Waals surface area contributed by atoms with Crippen LogP contribution in [0.2, 0.25) is 0 Å². The van der Waals surface area contributed by atoms with Gasteiger partial charge in [0.15, 0.2) is 11.6 Å². The Kier molecular flexibility index (Phi) is 5.40. The molecule has 27 heavy (non-hydrogen) atoms. The zero-order chi connectivity index (χ0) is 19.4. The summed E-state index contributed by atoms with van der Waals surface area (Å²) in [5.41, 5.74) is 2.24. The molecule has 0 aliphatic rings. The number of aromatic nitrogens is 2. The number of fused-ring (bicyclic) bond motifs is 1. The number of esters is 1. The number of hydrogen-bond donors (Lipinski definition) is 1. The Morgan fingerprint density at radius 2 is 2.00 bits per heavy atom. The average molecular weight is 370 g/mol. The van der Waals surface area contributed by atoms with Crippen LogP contribution in [0.3, 0.4) is 0 Å². The summed E-state index contributed by atoms with van der Waals surface area (Å²) in [6, 6.07) is 7.99. The van der Waals surface area contributed by atoms with Crippen molar-refractivity contribution in [1.82, 2.24) is 10.2 Å². The Labute approximate surface area is 155 Å². The lowest BCUT2D eigenvalue weighted by molar-refractivity contribution is 0.0523. The number of carbonyl (C=O) groups excluding carboxylic acids is 1. The summed E-state index contributed by atoms with van der Waals surface area (Å²) in [6.45, 7) is 2.00. The van der Waals surface area contributed by atoms with Gasteiger partial charge in [-0.2, -0.15) is 5.10 Å². The molecule has 1 N–H and O–H groups in total. The first-order valence-corrected chi connectivity index (χ1v) is 8.32. The fourth-order valence-corrected chi connectivity index (χ4v) is 2.77. The molecule has 0 amide bonds. The third-order valence-electron chi connectivity index (χ3n) is 4.02. The monoisotopic (exact) mass is 370 g/mol. The van der Waals surface area contributed by atoms with E-state index in [1.54, 1.807) is 43.3 Å². The first-order chi connectivity index (χ1) is 13.1. The molecule has 0 aliphatic heterocycles. The summed E-state index contributed by atoms with van der Waals surface area (Å²) in [7, 11) is 2.90. The van der Waals surface area contributed by atoms with Crippen LogP contribution in [0.15, 0.2) is 30.3 Å². The molecule has 0 aliphatic carbocycles. The Hall–Kier alpha value is -3.35. The van der Waals surface area contributed by atoms with Crippen molar-refractivity contribution >= 4 is 29.0 Å². The minimum Gasteiger partial charge on any atom is -0.495 e. The van der Waals surface area contributed by atoms with E-state index in [4.69, 9.17) is 14.2 Å². The predicted molar refractivity (Wildman–Crippen MR) is 100 cm³/mol. The van der Waals surface area contributed by atoms with Crippen LogP contribution < -0.4 is 9.47 Å². The van der Waals surface area contributed by atoms with Gasteiger partial charge in [0, 0.05) is 0 Å². The van der Waals surface area contributed by atoms with Crippen LogP contribution in [0.1, 0.15) is 28.5 Å². The van der Waals surface area contributed by atoms with Crippen molar-refractivity contribution in [3.63, 3.8) is 0 Å². The molecule has 1 heterocycles. The van der Waals surface area contributed by atoms with Crippen LogP contribution in [-0.2, 0) is 4.74 Å². The minimum absolute atomic E-state index is 0.180. The van der Waals surface area contributed by atoms with E-state index in [0.717, 1.165) is 0 Å². The lowest BCUT2D eigenvalue weighted by Gasteiger charge is -2.09. The molecule has 2 aromatic carbocycles. The van der Waals surface area contributed by atoms with E-state index in [1.165, 1.54) is 20.3 Å². The van der Waals surface area contributed by atoms with Crippen molar-refractivity contribution in [1.29, 1.82) is 0 Å². The first kappa shape index (κ1) is 18.4. The summed E-state index contributed by atoms with van der Waals surface area (Å²) in [5.74, 6) is -0.360. The summed E-state index contributed by atoms with van der Waals surface area (Å²) < 4.78 is 29.3. The van der Waals surface area contributed by atoms with E-state index in [0.29, 0.717) is 33.5 Å². The maximum Gasteiger partial charge on any atom is 0.341 e. The fraction of sp³-hybridized carbons (Fsp3) is 0.200. The largest absolute Gasteiger partial charge is 0.495 e. The van der Waals surface area contributed by atoms with Crippen molar-refractivity contribution in [2.45, 2.75) is 6.92 Å². The van der Waals surface area contributed by atoms with Crippen LogP contribution >= 0.6 is 0 Å². The van der Waals surface area contributed by atoms with Gasteiger partial charge < -0.3 is 14.2 Å². The summed E-state index contributed by atoms with van der Waals surface area (Å²) in [6.07, 6.45) is 3.47. The second kappa shape index (κ2) is 7.90. The van der Waals surface area contributed by atoms with Crippen molar-refractivity contribution < 1.29 is 23.4 Å². The Morgan fingerprint density at radius 1 is 1.19 bits per heavy atom. The topological polar surface area (TPSA) is 73.4 Å². The maximum atomic E-state index is 13.9. The molecule has 0 unspecified atom stereocenters. The zero-order valence-electron chi connectivity index (χ0n) is 15.2. The van der Waals surface area contributed by atoms with Gasteiger partial charge in [0.25, 0.3) is 0 Å². The highest BCUT2D eigenvalue weighted by atomic mass is 19.1. The molecule has 0 fully saturated rings. The average Bonchev–Trinajstić information content (AvgIpc) is 3.09. The zero-order valence-corrected chi connectivity index (χ0v) is 15.2. The molecule has 1 aromatic heterocycles. The number of nitrogens with zero attached hydrogens (tertiary/aromatic N) is 1. The Morgan fingerprint density at radius 3 is 2.67 bits per heavy atom. The fourth-order valence-electron chi connectivity index (χ4n) is 2.77. The van der Waals surface area contributed by atoms with E-state index >= 15 is 0 Å². The van der Waals surface area contributed by atoms with E-state index in [2.05, 4.69) is 10.2 Å². The molecule has 0 spiro atoms. The summed E-state index contributed by atoms with van der Waals surface area (Å²) >= 11 is 0. The molecule has 7 heteroatoms. The van der Waals surface area contributed by atoms with E-state index < -0.39 is 11.8 Å². The second-order valence-electron chi connectivity index (χ2n) is 5.63. The highest BCUT2D eigenvalue weighted by Crippen LogP contribution is 2.32. The third kappa shape index (κ3) is 3.62. The number of carbonyl (C=O) groups is 1. The Balaban J connectivity index is 2.03. The molecule has 3 rings (SSSR count). The molecular formula is C20H19FN2O4. The first-order valence-electron chi connectivity index (χ1n) is 8.32. The molecular weight excluding hydrogens is 351 g/mol. The quantitative estimate of drug-likeness (QED) is 0.662. The maximum absolute atomic E-state index is 13.9. The molecule has 0 bridgehead atoms. The number of halogens is 1. The van der Waals surface area contributed by atoms with Gasteiger partial charge in [-0.15, -0.1) is 0 Å². The van der Waals surface area contributed by atoms with Crippen LogP contribution in [0, 0.1) is 5.82 Å². The number of hydrogen-bond acceptors (Lipinski definition) is 5. The predicted octanol–water partition coefficient (Wildman–Crippen LogP) is 4.07. The van der Waals surface area contributed by atoms with Crippen LogP contribution in [0.4, 0.5) is 4.39 Å². The van der Waals surface area contributed by atoms with E-state index in [-0.39, 0.29) is 12.4 Å². The van der Waals surface area contributed by atoms with Gasteiger partial charge in [0.05, 0.1) is 37.4 Å². The lowest BCUT2D eigenvalue weighted by Crippen LogP contribution is -2.07. The summed E-state index contributed by atoms with van der Waals surface area (Å²) in [4.78, 5) is 12.2. The number of ether oxygens (including phenoxy) is 3. The standard InChI is InChI=1S/C20H19FN2O4/c1-4-27-20(24)13-7-9-16-18(19(13)26-3)15(22-23-16)8-5-12-6-10-17(25-2)14(21)11-12/h5-11H,4H2,1-3H3,(H,22,23). The Bertz CT molecular complexity index is 1010. The highest BCUT2D eigenvalue weighted by molar-refractivity contribution is 6.03. The molecule has 3 aromatic rings. The smallest absolute Gasteiger partial charge is 0.341 e. The van der Waals surface area contributed by atoms with Gasteiger partial charge in [0.1, 0.15) is 11.3 Å². The van der Waals surface area contributed by atoms with Crippen LogP contribution in [0.25, 0.3) is 23.1 Å². The van der Waals surface area contributed by atoms with Gasteiger partial charge in [-0.1, -0.05) is 12.1 Å². The third-order valence-corrected chi connectivity index (χ3v) is 4.02. The molecule has 0 radical (unpaired) electrons. The normalized spacial score (nSPS) is 11.1. The van der Waals surface area contributed by atoms with Crippen molar-refractivity contribution in [2.24, 2.45) is 0 Å². The molecule has 0 saturated heterocycles. The summed E-state index contributed by atoms with van der Waals surface area (Å²) in [5, 5.41) is 7.78. The molecule has 6 nitrogen and oxygen atoms in total. The van der Waals surface area contributed by atoms with E-state index in [1.807, 2.05) is 0 Å². The highest BCUT2D eigenvalue weighted by Gasteiger charge is 2.19. The number of methoxy groups -OCH3 is 2. The van der Waals surface area contributed by atoms with Crippen LogP contribution in [0.5, 0.6) is 11.5 Å². The van der Waals surface area contributed by atoms with Gasteiger partial charge in [-0.25, -0.2) is 9.18 Å². The van der Waals surface area contributed by atoms with Crippen LogP contribution in [-0.4, -0.2) is 37.0 Å². The number of benzene rings is 2. The second-order valence-corrected chi connectivity index (χ2v) is 5.63. The van der Waals surface area contributed by atoms with E-state index in [9.17, 15) is 9.18 Å². The molecule has 140 valence electrons. The minimum atomic E-state index is -0.468. The number of H-pyrrole nitrogens is 1. The molecule has 0 saturated carbocycles. The van der Waals surface area contributed by atoms with Crippen molar-refractivity contribution in [3.8, 4) is 11.5 Å². The number of nitrogens with one attached hydrogen (secondary N) is 1. The number of rotatable bonds is 6. The van der Waals surface area contributed by atoms with Gasteiger partial charge in [0.2, 0.25) is 0 Å². The van der Waals surface area contributed by atoms with Crippen molar-refractivity contribution in [2.75, 3.05) is 20.8 Å². The number of aromatic amines is 1. The lowest BCUT2D eigenvalue weighted by atomic mass is 10.1. The SMILES string of the molecule is CCOC(=O)c1ccc2n[nH]c(C=Cc3ccc(OC)c(F)c3)c2c1OC. The van der Waals surface area contributed by atoms with Gasteiger partial charge in [-0.05, 0) is 42.8 Å². The van der Waals surface area contributed by atoms with Gasteiger partial charge >= 0.3 is 5.97 Å². The van der Waals surface area contributed by atoms with Gasteiger partial charge in [-0.3, -0.25) is 5.10 Å². The van der Waals surface area contributed by atoms with Crippen molar-refractivity contribution in [3.05, 3.63) is 53.0 Å². The molecule has 0 atom stereocenters.